The number of rotatable bonds is 2. The Kier molecular flexibility index (Phi) is 3.56. The van der Waals surface area contributed by atoms with Gasteiger partial charge in [0, 0.05) is 22.0 Å². The minimum absolute atomic E-state index is 0.150. The average Bonchev–Trinajstić information content (AvgIpc) is 2.03. The van der Waals surface area contributed by atoms with Crippen molar-refractivity contribution in [1.29, 1.82) is 0 Å². The SMILES string of the molecule is CC(CO)c1ccc(Cl)cc1Br. The second-order valence-electron chi connectivity index (χ2n) is 2.75. The van der Waals surface area contributed by atoms with Crippen LogP contribution in [0.2, 0.25) is 5.02 Å². The van der Waals surface area contributed by atoms with Crippen LogP contribution in [0.5, 0.6) is 0 Å². The fourth-order valence-electron chi connectivity index (χ4n) is 1.000. The summed E-state index contributed by atoms with van der Waals surface area (Å²) in [5.74, 6) is 0.150. The van der Waals surface area contributed by atoms with Crippen molar-refractivity contribution in [2.24, 2.45) is 0 Å². The maximum absolute atomic E-state index is 8.93. The Morgan fingerprint density at radius 3 is 2.75 bits per heavy atom. The summed E-state index contributed by atoms with van der Waals surface area (Å²) in [5, 5.41) is 9.63. The highest BCUT2D eigenvalue weighted by Gasteiger charge is 2.07. The Balaban J connectivity index is 3.01. The second kappa shape index (κ2) is 4.26. The molecule has 0 bridgehead atoms. The van der Waals surface area contributed by atoms with Gasteiger partial charge in [0.1, 0.15) is 0 Å². The Labute approximate surface area is 85.5 Å². The summed E-state index contributed by atoms with van der Waals surface area (Å²) in [6, 6.07) is 5.59. The first kappa shape index (κ1) is 10.0. The number of hydrogen-bond acceptors (Lipinski definition) is 1. The number of halogens is 2. The van der Waals surface area contributed by atoms with Gasteiger partial charge in [-0.05, 0) is 17.7 Å². The summed E-state index contributed by atoms with van der Waals surface area (Å²) in [7, 11) is 0. The van der Waals surface area contributed by atoms with E-state index >= 15 is 0 Å². The first-order valence-electron chi connectivity index (χ1n) is 3.71. The van der Waals surface area contributed by atoms with E-state index < -0.39 is 0 Å². The largest absolute Gasteiger partial charge is 0.396 e. The smallest absolute Gasteiger partial charge is 0.0497 e. The van der Waals surface area contributed by atoms with Crippen LogP contribution in [0.4, 0.5) is 0 Å². The molecule has 1 atom stereocenters. The molecule has 0 saturated carbocycles. The number of aliphatic hydroxyl groups excluding tert-OH is 1. The topological polar surface area (TPSA) is 20.2 Å². The fraction of sp³-hybridized carbons (Fsp3) is 0.333. The van der Waals surface area contributed by atoms with Crippen molar-refractivity contribution in [3.05, 3.63) is 33.3 Å². The molecule has 1 unspecified atom stereocenters. The molecule has 0 spiro atoms. The van der Waals surface area contributed by atoms with E-state index in [0.29, 0.717) is 5.02 Å². The molecular weight excluding hydrogens is 239 g/mol. The summed E-state index contributed by atoms with van der Waals surface area (Å²) in [6.45, 7) is 2.12. The first-order valence-corrected chi connectivity index (χ1v) is 4.88. The molecule has 1 N–H and O–H groups in total. The Hall–Kier alpha value is -0.0500. The predicted molar refractivity (Wildman–Crippen MR) is 54.7 cm³/mol. The van der Waals surface area contributed by atoms with E-state index in [0.717, 1.165) is 10.0 Å². The van der Waals surface area contributed by atoms with Crippen LogP contribution in [0.1, 0.15) is 18.4 Å². The van der Waals surface area contributed by atoms with Crippen LogP contribution in [-0.4, -0.2) is 11.7 Å². The summed E-state index contributed by atoms with van der Waals surface area (Å²) in [6.07, 6.45) is 0. The number of aliphatic hydroxyl groups is 1. The van der Waals surface area contributed by atoms with E-state index in [1.807, 2.05) is 25.1 Å². The van der Waals surface area contributed by atoms with Gasteiger partial charge in [0.25, 0.3) is 0 Å². The normalized spacial score (nSPS) is 13.0. The molecule has 0 heterocycles. The van der Waals surface area contributed by atoms with Gasteiger partial charge >= 0.3 is 0 Å². The maximum Gasteiger partial charge on any atom is 0.0497 e. The quantitative estimate of drug-likeness (QED) is 0.853. The molecule has 0 fully saturated rings. The van der Waals surface area contributed by atoms with Crippen molar-refractivity contribution >= 4 is 27.5 Å². The van der Waals surface area contributed by atoms with Gasteiger partial charge in [0.2, 0.25) is 0 Å². The lowest BCUT2D eigenvalue weighted by Gasteiger charge is -2.10. The van der Waals surface area contributed by atoms with E-state index in [4.69, 9.17) is 16.7 Å². The van der Waals surface area contributed by atoms with Gasteiger partial charge in [0.15, 0.2) is 0 Å². The van der Waals surface area contributed by atoms with E-state index in [1.165, 1.54) is 0 Å². The Morgan fingerprint density at radius 1 is 1.58 bits per heavy atom. The summed E-state index contributed by atoms with van der Waals surface area (Å²) >= 11 is 9.17. The molecule has 1 aromatic carbocycles. The highest BCUT2D eigenvalue weighted by molar-refractivity contribution is 9.10. The lowest BCUT2D eigenvalue weighted by molar-refractivity contribution is 0.273. The van der Waals surface area contributed by atoms with Crippen molar-refractivity contribution < 1.29 is 5.11 Å². The maximum atomic E-state index is 8.93. The van der Waals surface area contributed by atoms with Crippen LogP contribution < -0.4 is 0 Å². The second-order valence-corrected chi connectivity index (χ2v) is 4.04. The van der Waals surface area contributed by atoms with Gasteiger partial charge in [-0.15, -0.1) is 0 Å². The lowest BCUT2D eigenvalue weighted by Crippen LogP contribution is -1.99. The molecule has 0 amide bonds. The summed E-state index contributed by atoms with van der Waals surface area (Å²) < 4.78 is 0.955. The van der Waals surface area contributed by atoms with Gasteiger partial charge in [0.05, 0.1) is 0 Å². The third kappa shape index (κ3) is 2.22. The van der Waals surface area contributed by atoms with E-state index in [9.17, 15) is 0 Å². The zero-order chi connectivity index (χ0) is 9.14. The van der Waals surface area contributed by atoms with E-state index in [1.54, 1.807) is 0 Å². The Morgan fingerprint density at radius 2 is 2.25 bits per heavy atom. The highest BCUT2D eigenvalue weighted by Crippen LogP contribution is 2.27. The van der Waals surface area contributed by atoms with Gasteiger partial charge in [-0.3, -0.25) is 0 Å². The molecule has 12 heavy (non-hydrogen) atoms. The average molecular weight is 250 g/mol. The van der Waals surface area contributed by atoms with E-state index in [-0.39, 0.29) is 12.5 Å². The molecule has 0 saturated heterocycles. The molecule has 0 aliphatic heterocycles. The van der Waals surface area contributed by atoms with Crippen molar-refractivity contribution in [2.75, 3.05) is 6.61 Å². The summed E-state index contributed by atoms with van der Waals surface area (Å²) in [4.78, 5) is 0. The zero-order valence-corrected chi connectivity index (χ0v) is 9.06. The van der Waals surface area contributed by atoms with Crippen molar-refractivity contribution in [1.82, 2.24) is 0 Å². The molecule has 0 aliphatic rings. The molecule has 1 aromatic rings. The van der Waals surface area contributed by atoms with Crippen LogP contribution in [0.15, 0.2) is 22.7 Å². The van der Waals surface area contributed by atoms with Crippen molar-refractivity contribution in [3.8, 4) is 0 Å². The van der Waals surface area contributed by atoms with Crippen LogP contribution in [0.25, 0.3) is 0 Å². The molecule has 66 valence electrons. The molecule has 0 aromatic heterocycles. The van der Waals surface area contributed by atoms with Crippen LogP contribution in [0, 0.1) is 0 Å². The fourth-order valence-corrected chi connectivity index (χ4v) is 2.07. The molecule has 0 radical (unpaired) electrons. The van der Waals surface area contributed by atoms with Gasteiger partial charge in [-0.25, -0.2) is 0 Å². The van der Waals surface area contributed by atoms with Crippen LogP contribution in [0.3, 0.4) is 0 Å². The van der Waals surface area contributed by atoms with E-state index in [2.05, 4.69) is 15.9 Å². The minimum Gasteiger partial charge on any atom is -0.396 e. The van der Waals surface area contributed by atoms with Gasteiger partial charge in [-0.2, -0.15) is 0 Å². The monoisotopic (exact) mass is 248 g/mol. The van der Waals surface area contributed by atoms with Crippen molar-refractivity contribution in [2.45, 2.75) is 12.8 Å². The third-order valence-corrected chi connectivity index (χ3v) is 2.69. The van der Waals surface area contributed by atoms with Gasteiger partial charge < -0.3 is 5.11 Å². The molecular formula is C9H10BrClO. The predicted octanol–water partition coefficient (Wildman–Crippen LogP) is 3.20. The summed E-state index contributed by atoms with van der Waals surface area (Å²) in [5.41, 5.74) is 1.09. The zero-order valence-electron chi connectivity index (χ0n) is 6.72. The van der Waals surface area contributed by atoms with Gasteiger partial charge in [-0.1, -0.05) is 40.5 Å². The minimum atomic E-state index is 0.150. The number of hydrogen-bond donors (Lipinski definition) is 1. The first-order chi connectivity index (χ1) is 5.65. The molecule has 0 aliphatic carbocycles. The van der Waals surface area contributed by atoms with Crippen LogP contribution >= 0.6 is 27.5 Å². The van der Waals surface area contributed by atoms with Crippen LogP contribution in [-0.2, 0) is 0 Å². The third-order valence-electron chi connectivity index (χ3n) is 1.77. The molecule has 1 nitrogen and oxygen atoms in total. The van der Waals surface area contributed by atoms with Crippen molar-refractivity contribution in [3.63, 3.8) is 0 Å². The molecule has 3 heteroatoms. The lowest BCUT2D eigenvalue weighted by atomic mass is 10.0. The standard InChI is InChI=1S/C9H10BrClO/c1-6(5-12)8-3-2-7(11)4-9(8)10/h2-4,6,12H,5H2,1H3. The highest BCUT2D eigenvalue weighted by atomic mass is 79.9. The molecule has 1 rings (SSSR count). The Bertz CT molecular complexity index is 275. The number of benzene rings is 1.